The molecule has 0 unspecified atom stereocenters. The van der Waals surface area contributed by atoms with Crippen molar-refractivity contribution in [1.29, 1.82) is 0 Å². The van der Waals surface area contributed by atoms with Gasteiger partial charge in [0.05, 0.1) is 6.04 Å². The van der Waals surface area contributed by atoms with E-state index < -0.39 is 0 Å². The third-order valence-corrected chi connectivity index (χ3v) is 3.11. The summed E-state index contributed by atoms with van der Waals surface area (Å²) >= 11 is 0. The number of nitrogens with zero attached hydrogens (tertiary/aromatic N) is 5. The number of carbonyl (C=O) groups is 1. The highest BCUT2D eigenvalue weighted by Gasteiger charge is 2.27. The molecule has 0 N–H and O–H groups in total. The van der Waals surface area contributed by atoms with E-state index in [1.807, 2.05) is 6.92 Å². The lowest BCUT2D eigenvalue weighted by molar-refractivity contribution is -0.126. The van der Waals surface area contributed by atoms with Crippen LogP contribution in [0.5, 0.6) is 0 Å². The van der Waals surface area contributed by atoms with Gasteiger partial charge in [-0.2, -0.15) is 5.10 Å². The number of carbonyl (C=O) groups excluding carboxylic acids is 1. The van der Waals surface area contributed by atoms with Gasteiger partial charge >= 0.3 is 0 Å². The minimum absolute atomic E-state index is 0.0814. The molecule has 1 rings (SSSR count). The summed E-state index contributed by atoms with van der Waals surface area (Å²) < 4.78 is 0. The van der Waals surface area contributed by atoms with Gasteiger partial charge in [0.25, 0.3) is 5.91 Å². The Kier molecular flexibility index (Phi) is 6.44. The number of piperidine rings is 1. The van der Waals surface area contributed by atoms with Gasteiger partial charge in [-0.25, -0.2) is 10.0 Å². The summed E-state index contributed by atoms with van der Waals surface area (Å²) in [5.74, 6) is 5.80. The molecule has 0 saturated carbocycles. The first-order valence-corrected chi connectivity index (χ1v) is 6.56. The van der Waals surface area contributed by atoms with Crippen LogP contribution >= 0.6 is 0 Å². The molecule has 1 aliphatic heterocycles. The zero-order valence-electron chi connectivity index (χ0n) is 12.3. The van der Waals surface area contributed by atoms with E-state index >= 15 is 0 Å². The van der Waals surface area contributed by atoms with Crippen molar-refractivity contribution in [3.05, 3.63) is 0 Å². The van der Waals surface area contributed by atoms with Crippen LogP contribution in [0.1, 0.15) is 26.7 Å². The van der Waals surface area contributed by atoms with Gasteiger partial charge in [-0.1, -0.05) is 5.92 Å². The molecule has 1 saturated heterocycles. The van der Waals surface area contributed by atoms with Gasteiger partial charge in [0.15, 0.2) is 0 Å². The van der Waals surface area contributed by atoms with E-state index in [1.54, 1.807) is 23.9 Å². The van der Waals surface area contributed by atoms with Crippen molar-refractivity contribution < 1.29 is 4.79 Å². The topological polar surface area (TPSA) is 60.6 Å². The van der Waals surface area contributed by atoms with Crippen LogP contribution in [0.15, 0.2) is 15.1 Å². The number of hydrazone groups is 1. The average Bonchev–Trinajstić information content (AvgIpc) is 2.46. The van der Waals surface area contributed by atoms with E-state index in [-0.39, 0.29) is 11.9 Å². The van der Waals surface area contributed by atoms with E-state index in [0.29, 0.717) is 12.4 Å². The molecule has 0 spiro atoms. The van der Waals surface area contributed by atoms with Gasteiger partial charge in [0.1, 0.15) is 12.2 Å². The van der Waals surface area contributed by atoms with E-state index in [0.717, 1.165) is 19.4 Å². The van der Waals surface area contributed by atoms with Crippen LogP contribution in [0.3, 0.4) is 0 Å². The smallest absolute Gasteiger partial charge is 0.298 e. The van der Waals surface area contributed by atoms with Crippen molar-refractivity contribution in [3.8, 4) is 11.8 Å². The molecule has 6 heteroatoms. The highest BCUT2D eigenvalue weighted by Crippen LogP contribution is 2.17. The third-order valence-electron chi connectivity index (χ3n) is 3.11. The predicted molar refractivity (Wildman–Crippen MR) is 82.0 cm³/mol. The number of hydrogen-bond donors (Lipinski definition) is 0. The molecule has 108 valence electrons. The molecule has 20 heavy (non-hydrogen) atoms. The lowest BCUT2D eigenvalue weighted by Crippen LogP contribution is -2.49. The minimum Gasteiger partial charge on any atom is -0.330 e. The maximum Gasteiger partial charge on any atom is 0.298 e. The molecule has 1 fully saturated rings. The summed E-state index contributed by atoms with van der Waals surface area (Å²) in [6.45, 7) is 8.43. The maximum atomic E-state index is 11.8. The third kappa shape index (κ3) is 4.19. The Morgan fingerprint density at radius 3 is 2.90 bits per heavy atom. The fourth-order valence-corrected chi connectivity index (χ4v) is 2.21. The van der Waals surface area contributed by atoms with Crippen LogP contribution in [0.2, 0.25) is 0 Å². The average molecular weight is 275 g/mol. The highest BCUT2D eigenvalue weighted by molar-refractivity contribution is 5.93. The van der Waals surface area contributed by atoms with Gasteiger partial charge in [0.2, 0.25) is 0 Å². The van der Waals surface area contributed by atoms with Crippen LogP contribution < -0.4 is 0 Å². The quantitative estimate of drug-likeness (QED) is 0.334. The van der Waals surface area contributed by atoms with Crippen LogP contribution in [-0.4, -0.2) is 60.9 Å². The van der Waals surface area contributed by atoms with Crippen LogP contribution in [-0.2, 0) is 4.79 Å². The summed E-state index contributed by atoms with van der Waals surface area (Å²) in [4.78, 5) is 21.6. The SMILES string of the molecule is C=NN(/C(C)=N/C=N/C)[C@@H]1CCCN(C(=O)C#CC)C1. The van der Waals surface area contributed by atoms with Crippen LogP contribution in [0, 0.1) is 11.8 Å². The Labute approximate surface area is 120 Å². The fraction of sp³-hybridized carbons (Fsp3) is 0.571. The second-order valence-electron chi connectivity index (χ2n) is 4.46. The van der Waals surface area contributed by atoms with Crippen LogP contribution in [0.4, 0.5) is 0 Å². The van der Waals surface area contributed by atoms with Gasteiger partial charge in [0, 0.05) is 26.9 Å². The first-order valence-electron chi connectivity index (χ1n) is 6.56. The van der Waals surface area contributed by atoms with E-state index in [2.05, 4.69) is 33.6 Å². The fourth-order valence-electron chi connectivity index (χ4n) is 2.21. The first-order chi connectivity index (χ1) is 9.63. The molecular weight excluding hydrogens is 254 g/mol. The van der Waals surface area contributed by atoms with Gasteiger partial charge in [-0.05, 0) is 32.6 Å². The molecule has 0 aliphatic carbocycles. The summed E-state index contributed by atoms with van der Waals surface area (Å²) in [6.07, 6.45) is 3.34. The lowest BCUT2D eigenvalue weighted by Gasteiger charge is -2.36. The van der Waals surface area contributed by atoms with Gasteiger partial charge in [-0.3, -0.25) is 9.79 Å². The second-order valence-corrected chi connectivity index (χ2v) is 4.46. The zero-order valence-corrected chi connectivity index (χ0v) is 12.3. The molecule has 6 nitrogen and oxygen atoms in total. The van der Waals surface area contributed by atoms with Gasteiger partial charge < -0.3 is 4.90 Å². The standard InChI is InChI=1S/C14H21N5O/c1-5-7-14(20)18-9-6-8-13(10-18)19(16-4)12(2)17-11-15-3/h11,13H,4,6,8-10H2,1-3H3/b15-11+,17-12+/t13-/m1/s1. The van der Waals surface area contributed by atoms with Crippen LogP contribution in [0.25, 0.3) is 0 Å². The molecule has 0 radical (unpaired) electrons. The Bertz CT molecular complexity index is 472. The minimum atomic E-state index is -0.133. The number of rotatable bonds is 3. The monoisotopic (exact) mass is 275 g/mol. The van der Waals surface area contributed by atoms with E-state index in [9.17, 15) is 4.79 Å². The zero-order chi connectivity index (χ0) is 15.0. The van der Waals surface area contributed by atoms with Crippen molar-refractivity contribution >= 4 is 24.8 Å². The van der Waals surface area contributed by atoms with Crippen molar-refractivity contribution in [2.24, 2.45) is 15.1 Å². The predicted octanol–water partition coefficient (Wildman–Crippen LogP) is 0.995. The number of amidine groups is 1. The number of hydrogen-bond acceptors (Lipinski definition) is 3. The second kappa shape index (κ2) is 8.10. The highest BCUT2D eigenvalue weighted by atomic mass is 16.2. The number of likely N-dealkylation sites (tertiary alicyclic amines) is 1. The molecular formula is C14H21N5O. The first kappa shape index (κ1) is 15.9. The molecule has 1 atom stereocenters. The van der Waals surface area contributed by atoms with E-state index in [1.165, 1.54) is 6.34 Å². The Balaban J connectivity index is 2.80. The van der Waals surface area contributed by atoms with Crippen molar-refractivity contribution in [2.45, 2.75) is 32.7 Å². The van der Waals surface area contributed by atoms with Gasteiger partial charge in [-0.15, -0.1) is 0 Å². The Morgan fingerprint density at radius 1 is 1.55 bits per heavy atom. The molecule has 0 aromatic rings. The Hall–Kier alpha value is -2.16. The Morgan fingerprint density at radius 2 is 2.30 bits per heavy atom. The number of amides is 1. The van der Waals surface area contributed by atoms with E-state index in [4.69, 9.17) is 0 Å². The van der Waals surface area contributed by atoms with Crippen molar-refractivity contribution in [2.75, 3.05) is 20.1 Å². The summed E-state index contributed by atoms with van der Waals surface area (Å²) in [5.41, 5.74) is 0. The normalized spacial score (nSPS) is 19.4. The maximum absolute atomic E-state index is 11.8. The summed E-state index contributed by atoms with van der Waals surface area (Å²) in [7, 11) is 1.66. The molecule has 0 aromatic heterocycles. The summed E-state index contributed by atoms with van der Waals surface area (Å²) in [5, 5.41) is 5.77. The molecule has 1 amide bonds. The van der Waals surface area contributed by atoms with Crippen molar-refractivity contribution in [1.82, 2.24) is 9.91 Å². The summed E-state index contributed by atoms with van der Waals surface area (Å²) in [6, 6.07) is 0.0814. The molecule has 1 heterocycles. The van der Waals surface area contributed by atoms with Crippen molar-refractivity contribution in [3.63, 3.8) is 0 Å². The number of aliphatic imine (C=N–C) groups is 2. The molecule has 0 bridgehead atoms. The molecule has 1 aliphatic rings. The molecule has 0 aromatic carbocycles. The lowest BCUT2D eigenvalue weighted by atomic mass is 10.0. The largest absolute Gasteiger partial charge is 0.330 e.